The maximum absolute atomic E-state index is 3.19. The van der Waals surface area contributed by atoms with Crippen molar-refractivity contribution in [2.75, 3.05) is 102 Å². The molecule has 3 aliphatic rings. The lowest BCUT2D eigenvalue weighted by Gasteiger charge is -2.35. The smallest absolute Gasteiger partial charge is 0.0319 e. The number of hydrogen-bond acceptors (Lipinski definition) is 6. The number of likely N-dealkylation sites (N-methyl/N-ethyl adjacent to an activating group) is 4. The summed E-state index contributed by atoms with van der Waals surface area (Å²) in [7, 11) is 14.4. The van der Waals surface area contributed by atoms with Crippen LogP contribution in [0, 0.1) is 5.92 Å². The summed E-state index contributed by atoms with van der Waals surface area (Å²) < 4.78 is 0. The molecule has 146 valence electrons. The van der Waals surface area contributed by atoms with Crippen LogP contribution in [0.2, 0.25) is 0 Å². The minimum Gasteiger partial charge on any atom is -0.323 e. The van der Waals surface area contributed by atoms with Crippen molar-refractivity contribution in [1.82, 2.24) is 30.2 Å². The van der Waals surface area contributed by atoms with Crippen LogP contribution in [0.25, 0.3) is 0 Å². The topological polar surface area (TPSA) is 37.0 Å². The first-order valence-corrected chi connectivity index (χ1v) is 9.32. The largest absolute Gasteiger partial charge is 0.323 e. The van der Waals surface area contributed by atoms with Crippen molar-refractivity contribution in [3.63, 3.8) is 0 Å². The van der Waals surface area contributed by atoms with Gasteiger partial charge in [-0.15, -0.1) is 0 Å². The van der Waals surface area contributed by atoms with Crippen LogP contribution in [0.1, 0.15) is 6.92 Å². The van der Waals surface area contributed by atoms with Gasteiger partial charge < -0.3 is 30.2 Å². The lowest BCUT2D eigenvalue weighted by atomic mass is 10.1. The summed E-state index contributed by atoms with van der Waals surface area (Å²) in [5.74, 6) is 0.968. The molecule has 6 heteroatoms. The molecule has 0 aliphatic carbocycles. The van der Waals surface area contributed by atoms with Gasteiger partial charge in [-0.25, -0.2) is 0 Å². The predicted molar refractivity (Wildman–Crippen MR) is 107 cm³/mol. The van der Waals surface area contributed by atoms with Crippen LogP contribution in [0.15, 0.2) is 0 Å². The van der Waals surface area contributed by atoms with E-state index in [1.807, 2.05) is 21.1 Å². The second-order valence-corrected chi connectivity index (χ2v) is 7.64. The molecule has 0 aromatic carbocycles. The van der Waals surface area contributed by atoms with E-state index >= 15 is 0 Å². The van der Waals surface area contributed by atoms with Gasteiger partial charge in [-0.1, -0.05) is 6.92 Å². The Kier molecular flexibility index (Phi) is 13.8. The average molecular weight is 345 g/mol. The molecule has 3 heterocycles. The fraction of sp³-hybridized carbons (Fsp3) is 1.00. The first kappa shape index (κ1) is 23.8. The Balaban J connectivity index is 0.000000308. The van der Waals surface area contributed by atoms with Gasteiger partial charge in [0, 0.05) is 58.4 Å². The summed E-state index contributed by atoms with van der Waals surface area (Å²) in [5.41, 5.74) is 0. The molecule has 3 fully saturated rings. The highest BCUT2D eigenvalue weighted by molar-refractivity contribution is 4.81. The Labute approximate surface area is 151 Å². The molecule has 3 aliphatic heterocycles. The molecule has 0 atom stereocenters. The van der Waals surface area contributed by atoms with E-state index in [-0.39, 0.29) is 0 Å². The molecule has 3 saturated heterocycles. The van der Waals surface area contributed by atoms with E-state index in [1.54, 1.807) is 0 Å². The third-order valence-electron chi connectivity index (χ3n) is 4.45. The number of likely N-dealkylation sites (tertiary alicyclic amines) is 2. The Hall–Kier alpha value is -0.240. The molecule has 0 unspecified atom stereocenters. The lowest BCUT2D eigenvalue weighted by Crippen LogP contribution is -2.54. The highest BCUT2D eigenvalue weighted by Gasteiger charge is 2.20. The van der Waals surface area contributed by atoms with Crippen molar-refractivity contribution in [3.05, 3.63) is 0 Å². The molecule has 0 radical (unpaired) electrons. The van der Waals surface area contributed by atoms with E-state index < -0.39 is 0 Å². The van der Waals surface area contributed by atoms with Crippen LogP contribution in [0.3, 0.4) is 0 Å². The average Bonchev–Trinajstić information content (AvgIpc) is 2.48. The fourth-order valence-corrected chi connectivity index (χ4v) is 2.80. The molecular weight excluding hydrogens is 300 g/mol. The van der Waals surface area contributed by atoms with Gasteiger partial charge in [-0.3, -0.25) is 0 Å². The third-order valence-corrected chi connectivity index (χ3v) is 4.45. The maximum atomic E-state index is 3.19. The summed E-state index contributed by atoms with van der Waals surface area (Å²) in [6.07, 6.45) is 0. The van der Waals surface area contributed by atoms with Crippen LogP contribution < -0.4 is 10.6 Å². The van der Waals surface area contributed by atoms with Crippen molar-refractivity contribution in [3.8, 4) is 0 Å². The van der Waals surface area contributed by atoms with Crippen LogP contribution in [-0.4, -0.2) is 127 Å². The predicted octanol–water partition coefficient (Wildman–Crippen LogP) is -0.213. The number of piperazine rings is 1. The number of nitrogens with zero attached hydrogens (tertiary/aromatic N) is 4. The molecular formula is C18H44N6. The van der Waals surface area contributed by atoms with E-state index in [1.165, 1.54) is 52.4 Å². The van der Waals surface area contributed by atoms with Crippen LogP contribution >= 0.6 is 0 Å². The SMILES string of the molecule is CC1CN(C)C1.CN1CCN(C)CC1.CNC.CNC1CN(C)C1. The fourth-order valence-electron chi connectivity index (χ4n) is 2.80. The standard InChI is InChI=1S/C6H14N2.C5H12N2.C5H11N.C2H7N/c1-7-3-5-8(2)6-4-7;1-6-5-3-7(2)4-5;1-5-3-6(2)4-5;1-3-2/h3-6H2,1-2H3;5-6H,3-4H2,1-2H3;5H,3-4H2,1-2H3;3H,1-2H3. The summed E-state index contributed by atoms with van der Waals surface area (Å²) in [5, 5.41) is 5.94. The van der Waals surface area contributed by atoms with Gasteiger partial charge in [0.25, 0.3) is 0 Å². The summed E-state index contributed by atoms with van der Waals surface area (Å²) in [6.45, 7) is 12.3. The zero-order valence-electron chi connectivity index (χ0n) is 17.6. The number of rotatable bonds is 1. The zero-order chi connectivity index (χ0) is 18.5. The summed E-state index contributed by atoms with van der Waals surface area (Å²) in [6, 6.07) is 0.769. The lowest BCUT2D eigenvalue weighted by molar-refractivity contribution is 0.149. The van der Waals surface area contributed by atoms with Crippen molar-refractivity contribution in [1.29, 1.82) is 0 Å². The molecule has 0 spiro atoms. The number of hydrogen-bond donors (Lipinski definition) is 2. The molecule has 0 saturated carbocycles. The molecule has 0 aromatic rings. The normalized spacial score (nSPS) is 23.5. The number of nitrogens with one attached hydrogen (secondary N) is 2. The minimum absolute atomic E-state index is 0.769. The molecule has 3 rings (SSSR count). The van der Waals surface area contributed by atoms with Gasteiger partial charge in [-0.05, 0) is 55.3 Å². The van der Waals surface area contributed by atoms with Crippen molar-refractivity contribution < 1.29 is 0 Å². The van der Waals surface area contributed by atoms with Crippen molar-refractivity contribution in [2.24, 2.45) is 5.92 Å². The van der Waals surface area contributed by atoms with Gasteiger partial charge in [0.15, 0.2) is 0 Å². The molecule has 6 nitrogen and oxygen atoms in total. The highest BCUT2D eigenvalue weighted by Crippen LogP contribution is 2.09. The van der Waals surface area contributed by atoms with E-state index in [2.05, 4.69) is 65.3 Å². The Morgan fingerprint density at radius 2 is 0.958 bits per heavy atom. The molecule has 24 heavy (non-hydrogen) atoms. The van der Waals surface area contributed by atoms with E-state index in [0.717, 1.165) is 12.0 Å². The molecule has 0 bridgehead atoms. The van der Waals surface area contributed by atoms with Crippen LogP contribution in [0.4, 0.5) is 0 Å². The van der Waals surface area contributed by atoms with Gasteiger partial charge in [0.2, 0.25) is 0 Å². The maximum Gasteiger partial charge on any atom is 0.0319 e. The summed E-state index contributed by atoms with van der Waals surface area (Å²) in [4.78, 5) is 9.34. The van der Waals surface area contributed by atoms with E-state index in [0.29, 0.717) is 0 Å². The molecule has 0 aromatic heterocycles. The van der Waals surface area contributed by atoms with Crippen LogP contribution in [-0.2, 0) is 0 Å². The van der Waals surface area contributed by atoms with Gasteiger partial charge >= 0.3 is 0 Å². The van der Waals surface area contributed by atoms with Crippen molar-refractivity contribution >= 4 is 0 Å². The van der Waals surface area contributed by atoms with E-state index in [4.69, 9.17) is 0 Å². The second-order valence-electron chi connectivity index (χ2n) is 7.64. The van der Waals surface area contributed by atoms with Crippen molar-refractivity contribution in [2.45, 2.75) is 13.0 Å². The van der Waals surface area contributed by atoms with E-state index in [9.17, 15) is 0 Å². The Bertz CT molecular complexity index is 253. The zero-order valence-corrected chi connectivity index (χ0v) is 17.6. The van der Waals surface area contributed by atoms with Gasteiger partial charge in [0.1, 0.15) is 0 Å². The third kappa shape index (κ3) is 12.2. The monoisotopic (exact) mass is 344 g/mol. The van der Waals surface area contributed by atoms with Gasteiger partial charge in [-0.2, -0.15) is 0 Å². The molecule has 2 N–H and O–H groups in total. The van der Waals surface area contributed by atoms with Gasteiger partial charge in [0.05, 0.1) is 0 Å². The summed E-state index contributed by atoms with van der Waals surface area (Å²) >= 11 is 0. The second kappa shape index (κ2) is 14.0. The first-order chi connectivity index (χ1) is 11.3. The minimum atomic E-state index is 0.769. The highest BCUT2D eigenvalue weighted by atomic mass is 15.2. The Morgan fingerprint density at radius 1 is 0.625 bits per heavy atom. The van der Waals surface area contributed by atoms with Crippen LogP contribution in [0.5, 0.6) is 0 Å². The Morgan fingerprint density at radius 3 is 1.08 bits per heavy atom. The quantitative estimate of drug-likeness (QED) is 0.685. The first-order valence-electron chi connectivity index (χ1n) is 9.32. The molecule has 0 amide bonds.